The molecule has 0 fully saturated rings. The highest BCUT2D eigenvalue weighted by molar-refractivity contribution is 6.31. The number of unbranched alkanes of at least 4 members (excludes halogenated alkanes) is 1. The second-order valence-corrected chi connectivity index (χ2v) is 9.12. The molecular weight excluding hydrogens is 470 g/mol. The molecule has 1 atom stereocenters. The summed E-state index contributed by atoms with van der Waals surface area (Å²) in [5.74, 6) is -0.874. The number of nitrogens with zero attached hydrogens (tertiary/aromatic N) is 1. The van der Waals surface area contributed by atoms with Gasteiger partial charge in [0.2, 0.25) is 5.78 Å². The van der Waals surface area contributed by atoms with Crippen molar-refractivity contribution in [2.45, 2.75) is 45.8 Å². The smallest absolute Gasteiger partial charge is 0.290 e. The number of halogens is 1. The summed E-state index contributed by atoms with van der Waals surface area (Å²) in [6, 6.07) is 11.2. The number of aliphatic hydroxyl groups is 1. The lowest BCUT2D eigenvalue weighted by Crippen LogP contribution is -2.32. The fourth-order valence-corrected chi connectivity index (χ4v) is 4.53. The predicted octanol–water partition coefficient (Wildman–Crippen LogP) is 6.26. The van der Waals surface area contributed by atoms with Crippen molar-refractivity contribution in [3.05, 3.63) is 70.1 Å². The largest absolute Gasteiger partial charge is 0.503 e. The van der Waals surface area contributed by atoms with Crippen LogP contribution >= 0.6 is 11.6 Å². The van der Waals surface area contributed by atoms with Crippen molar-refractivity contribution >= 4 is 34.3 Å². The van der Waals surface area contributed by atoms with Crippen molar-refractivity contribution in [3.63, 3.8) is 0 Å². The molecule has 0 radical (unpaired) electrons. The fraction of sp³-hybridized carbons (Fsp3) is 0.333. The summed E-state index contributed by atoms with van der Waals surface area (Å²) in [7, 11) is 1.48. The average molecular weight is 498 g/mol. The van der Waals surface area contributed by atoms with Crippen LogP contribution in [0, 0.1) is 0 Å². The van der Waals surface area contributed by atoms with E-state index in [0.29, 0.717) is 46.0 Å². The van der Waals surface area contributed by atoms with E-state index < -0.39 is 23.5 Å². The number of rotatable bonds is 9. The summed E-state index contributed by atoms with van der Waals surface area (Å²) in [6.07, 6.45) is 1.43. The van der Waals surface area contributed by atoms with E-state index in [1.165, 1.54) is 12.0 Å². The minimum atomic E-state index is -0.824. The number of fused-ring (bicyclic) bond motifs is 1. The summed E-state index contributed by atoms with van der Waals surface area (Å²) in [5, 5.41) is 11.9. The number of methoxy groups -OCH3 is 1. The van der Waals surface area contributed by atoms with E-state index in [0.717, 1.165) is 6.42 Å². The molecule has 1 aromatic heterocycles. The second kappa shape index (κ2) is 10.0. The van der Waals surface area contributed by atoms with Crippen molar-refractivity contribution in [3.8, 4) is 11.5 Å². The molecular formula is C27H28ClNO6. The molecule has 1 aliphatic heterocycles. The van der Waals surface area contributed by atoms with E-state index in [1.54, 1.807) is 24.3 Å². The Hall–Kier alpha value is -3.45. The Morgan fingerprint density at radius 3 is 2.63 bits per heavy atom. The molecule has 35 heavy (non-hydrogen) atoms. The van der Waals surface area contributed by atoms with Gasteiger partial charge in [0.1, 0.15) is 5.75 Å². The summed E-state index contributed by atoms with van der Waals surface area (Å²) in [4.78, 5) is 28.5. The van der Waals surface area contributed by atoms with Gasteiger partial charge in [-0.2, -0.15) is 0 Å². The highest BCUT2D eigenvalue weighted by atomic mass is 35.5. The number of carbonyl (C=O) groups excluding carboxylic acids is 2. The first kappa shape index (κ1) is 24.7. The van der Waals surface area contributed by atoms with Crippen LogP contribution in [0.4, 0.5) is 0 Å². The number of hydrogen-bond donors (Lipinski definition) is 1. The Balaban J connectivity index is 1.85. The molecule has 0 saturated heterocycles. The highest BCUT2D eigenvalue weighted by Gasteiger charge is 2.45. The SMILES string of the molecule is CCCCN1C(=O)C(O)=C(C(=O)c2cc3cc(Cl)cc(OC)c3o2)C1c1ccccc1OC(C)C. The third kappa shape index (κ3) is 4.60. The Morgan fingerprint density at radius 2 is 1.94 bits per heavy atom. The van der Waals surface area contributed by atoms with Gasteiger partial charge < -0.3 is 23.9 Å². The molecule has 0 spiro atoms. The number of ketones is 1. The number of para-hydroxylation sites is 1. The molecule has 4 rings (SSSR count). The maximum atomic E-state index is 13.8. The lowest BCUT2D eigenvalue weighted by Gasteiger charge is -2.28. The minimum Gasteiger partial charge on any atom is -0.503 e. The van der Waals surface area contributed by atoms with Crippen molar-refractivity contribution in [2.75, 3.05) is 13.7 Å². The molecule has 1 aliphatic rings. The van der Waals surface area contributed by atoms with Crippen LogP contribution in [0.25, 0.3) is 11.0 Å². The lowest BCUT2D eigenvalue weighted by atomic mass is 9.94. The van der Waals surface area contributed by atoms with Gasteiger partial charge in [0, 0.05) is 28.6 Å². The summed E-state index contributed by atoms with van der Waals surface area (Å²) in [5.41, 5.74) is 0.928. The van der Waals surface area contributed by atoms with Gasteiger partial charge in [-0.05, 0) is 38.5 Å². The Bertz CT molecular complexity index is 1310. The topological polar surface area (TPSA) is 89.2 Å². The molecule has 2 aromatic carbocycles. The highest BCUT2D eigenvalue weighted by Crippen LogP contribution is 2.43. The van der Waals surface area contributed by atoms with Crippen LogP contribution in [0.15, 0.2) is 58.2 Å². The van der Waals surface area contributed by atoms with Crippen molar-refractivity contribution < 1.29 is 28.6 Å². The third-order valence-corrected chi connectivity index (χ3v) is 6.09. The molecule has 1 amide bonds. The first-order chi connectivity index (χ1) is 16.8. The minimum absolute atomic E-state index is 0.0282. The predicted molar refractivity (Wildman–Crippen MR) is 133 cm³/mol. The van der Waals surface area contributed by atoms with Gasteiger partial charge in [-0.1, -0.05) is 43.1 Å². The Labute approximate surface area is 208 Å². The zero-order valence-electron chi connectivity index (χ0n) is 20.1. The van der Waals surface area contributed by atoms with Gasteiger partial charge in [-0.15, -0.1) is 0 Å². The Morgan fingerprint density at radius 1 is 1.20 bits per heavy atom. The third-order valence-electron chi connectivity index (χ3n) is 5.87. The number of carbonyl (C=O) groups is 2. The molecule has 0 bridgehead atoms. The molecule has 8 heteroatoms. The van der Waals surface area contributed by atoms with Gasteiger partial charge in [0.15, 0.2) is 22.9 Å². The first-order valence-electron chi connectivity index (χ1n) is 11.6. The number of amides is 1. The van der Waals surface area contributed by atoms with Crippen LogP contribution in [0.5, 0.6) is 11.5 Å². The van der Waals surface area contributed by atoms with Crippen LogP contribution in [-0.2, 0) is 4.79 Å². The number of furan rings is 1. The molecule has 0 saturated carbocycles. The van der Waals surface area contributed by atoms with Gasteiger partial charge in [0.05, 0.1) is 24.8 Å². The number of benzene rings is 2. The fourth-order valence-electron chi connectivity index (χ4n) is 4.32. The number of aliphatic hydroxyl groups excluding tert-OH is 1. The molecule has 7 nitrogen and oxygen atoms in total. The van der Waals surface area contributed by atoms with Crippen molar-refractivity contribution in [2.24, 2.45) is 0 Å². The number of Topliss-reactive ketones (excluding diaryl/α,β-unsaturated/α-hetero) is 1. The molecule has 2 heterocycles. The maximum absolute atomic E-state index is 13.8. The second-order valence-electron chi connectivity index (χ2n) is 8.69. The van der Waals surface area contributed by atoms with Crippen LogP contribution in [0.1, 0.15) is 55.8 Å². The van der Waals surface area contributed by atoms with E-state index in [1.807, 2.05) is 39.0 Å². The summed E-state index contributed by atoms with van der Waals surface area (Å²) < 4.78 is 17.2. The standard InChI is InChI=1S/C27H28ClNO6/c1-5-6-11-29-23(18-9-7-8-10-19(18)34-15(2)3)22(25(31)27(29)32)24(30)20-13-16-12-17(28)14-21(33-4)26(16)35-20/h7-10,12-15,23,31H,5-6,11H2,1-4H3. The molecule has 1 N–H and O–H groups in total. The van der Waals surface area contributed by atoms with Crippen LogP contribution in [-0.4, -0.2) is 41.5 Å². The number of ether oxygens (including phenoxy) is 2. The van der Waals surface area contributed by atoms with E-state index >= 15 is 0 Å². The molecule has 3 aromatic rings. The van der Waals surface area contributed by atoms with Gasteiger partial charge in [0.25, 0.3) is 5.91 Å². The van der Waals surface area contributed by atoms with Crippen LogP contribution < -0.4 is 9.47 Å². The van der Waals surface area contributed by atoms with E-state index in [2.05, 4.69) is 0 Å². The lowest BCUT2D eigenvalue weighted by molar-refractivity contribution is -0.129. The molecule has 0 aliphatic carbocycles. The number of hydrogen-bond acceptors (Lipinski definition) is 6. The summed E-state index contributed by atoms with van der Waals surface area (Å²) in [6.45, 7) is 6.19. The quantitative estimate of drug-likeness (QED) is 0.351. The van der Waals surface area contributed by atoms with Crippen LogP contribution in [0.2, 0.25) is 5.02 Å². The van der Waals surface area contributed by atoms with Gasteiger partial charge in [-0.3, -0.25) is 9.59 Å². The van der Waals surface area contributed by atoms with E-state index in [-0.39, 0.29) is 17.4 Å². The van der Waals surface area contributed by atoms with Crippen molar-refractivity contribution in [1.29, 1.82) is 0 Å². The summed E-state index contributed by atoms with van der Waals surface area (Å²) >= 11 is 6.17. The van der Waals surface area contributed by atoms with Crippen LogP contribution in [0.3, 0.4) is 0 Å². The van der Waals surface area contributed by atoms with Gasteiger partial charge in [-0.25, -0.2) is 0 Å². The van der Waals surface area contributed by atoms with Gasteiger partial charge >= 0.3 is 0 Å². The average Bonchev–Trinajstić information content (AvgIpc) is 3.36. The Kier molecular flexibility index (Phi) is 7.08. The van der Waals surface area contributed by atoms with E-state index in [4.69, 9.17) is 25.5 Å². The zero-order chi connectivity index (χ0) is 25.3. The zero-order valence-corrected chi connectivity index (χ0v) is 20.9. The maximum Gasteiger partial charge on any atom is 0.290 e. The monoisotopic (exact) mass is 497 g/mol. The molecule has 184 valence electrons. The van der Waals surface area contributed by atoms with E-state index in [9.17, 15) is 14.7 Å². The normalized spacial score (nSPS) is 16.0. The first-order valence-corrected chi connectivity index (χ1v) is 12.0. The molecule has 1 unspecified atom stereocenters. The van der Waals surface area contributed by atoms with Crippen molar-refractivity contribution in [1.82, 2.24) is 4.90 Å².